The molecule has 4 rings (SSSR count). The number of rotatable bonds is 2. The maximum atomic E-state index is 14.1. The Morgan fingerprint density at radius 1 is 1.30 bits per heavy atom. The minimum absolute atomic E-state index is 0.0676. The van der Waals surface area contributed by atoms with Crippen LogP contribution in [0.2, 0.25) is 0 Å². The first-order valence-electron chi connectivity index (χ1n) is 7.86. The number of carbonyl (C=O) groups excluding carboxylic acids is 1. The van der Waals surface area contributed by atoms with Crippen LogP contribution in [0, 0.1) is 24.6 Å². The lowest BCUT2D eigenvalue weighted by atomic mass is 10.0. The molecule has 0 unspecified atom stereocenters. The molecule has 0 saturated carbocycles. The largest absolute Gasteiger partial charge is 0.337 e. The van der Waals surface area contributed by atoms with E-state index in [1.807, 2.05) is 11.8 Å². The molecule has 4 nitrogen and oxygen atoms in total. The lowest BCUT2D eigenvalue weighted by Crippen LogP contribution is -2.32. The molecule has 1 amide bonds. The number of fused-ring (bicyclic) bond motifs is 1. The van der Waals surface area contributed by atoms with Crippen molar-refractivity contribution in [2.24, 2.45) is 11.8 Å². The Balaban J connectivity index is 1.67. The Kier molecular flexibility index (Phi) is 3.66. The van der Waals surface area contributed by atoms with Gasteiger partial charge in [-0.2, -0.15) is 0 Å². The van der Waals surface area contributed by atoms with Crippen molar-refractivity contribution in [1.82, 2.24) is 15.2 Å². The number of carbonyl (C=O) groups is 1. The van der Waals surface area contributed by atoms with Crippen molar-refractivity contribution < 1.29 is 9.18 Å². The molecule has 1 aromatic carbocycles. The van der Waals surface area contributed by atoms with Gasteiger partial charge in [0.1, 0.15) is 11.5 Å². The summed E-state index contributed by atoms with van der Waals surface area (Å²) >= 11 is 1.38. The fourth-order valence-electron chi connectivity index (χ4n) is 3.57. The SMILES string of the molecule is Cc1nc(C(=O)N2C[C@@H]3CNC[C@H]3C2)c(-c2ccccc2F)s1. The van der Waals surface area contributed by atoms with Gasteiger partial charge in [0.2, 0.25) is 0 Å². The second-order valence-electron chi connectivity index (χ2n) is 6.28. The van der Waals surface area contributed by atoms with E-state index in [4.69, 9.17) is 0 Å². The molecule has 0 bridgehead atoms. The van der Waals surface area contributed by atoms with E-state index >= 15 is 0 Å². The van der Waals surface area contributed by atoms with Crippen molar-refractivity contribution in [2.45, 2.75) is 6.92 Å². The third kappa shape index (κ3) is 2.56. The standard InChI is InChI=1S/C17H18FN3OS/c1-10-20-15(16(23-10)13-4-2-3-5-14(13)18)17(22)21-8-11-6-19-7-12(11)9-21/h2-5,11-12,19H,6-9H2,1H3/t11-,12-/m0/s1. The van der Waals surface area contributed by atoms with Crippen molar-refractivity contribution in [2.75, 3.05) is 26.2 Å². The molecule has 1 N–H and O–H groups in total. The predicted octanol–water partition coefficient (Wildman–Crippen LogP) is 2.55. The summed E-state index contributed by atoms with van der Waals surface area (Å²) in [5, 5.41) is 4.16. The van der Waals surface area contributed by atoms with Gasteiger partial charge in [0.05, 0.1) is 9.88 Å². The van der Waals surface area contributed by atoms with Crippen molar-refractivity contribution in [1.29, 1.82) is 0 Å². The van der Waals surface area contributed by atoms with Gasteiger partial charge in [0.15, 0.2) is 0 Å². The monoisotopic (exact) mass is 331 g/mol. The van der Waals surface area contributed by atoms with Crippen molar-refractivity contribution >= 4 is 17.2 Å². The number of thiazole rings is 1. The van der Waals surface area contributed by atoms with E-state index in [1.54, 1.807) is 18.2 Å². The Hall–Kier alpha value is -1.79. The van der Waals surface area contributed by atoms with E-state index in [9.17, 15) is 9.18 Å². The van der Waals surface area contributed by atoms with Crippen molar-refractivity contribution in [3.8, 4) is 10.4 Å². The third-order valence-corrected chi connectivity index (χ3v) is 5.74. The molecule has 2 aliphatic rings. The second-order valence-corrected chi connectivity index (χ2v) is 7.48. The van der Waals surface area contributed by atoms with Crippen LogP contribution in [-0.4, -0.2) is 42.0 Å². The van der Waals surface area contributed by atoms with E-state index in [2.05, 4.69) is 10.3 Å². The molecule has 23 heavy (non-hydrogen) atoms. The number of amides is 1. The van der Waals surface area contributed by atoms with Crippen LogP contribution in [-0.2, 0) is 0 Å². The number of halogens is 1. The number of hydrogen-bond donors (Lipinski definition) is 1. The molecule has 3 heterocycles. The number of nitrogens with one attached hydrogen (secondary N) is 1. The summed E-state index contributed by atoms with van der Waals surface area (Å²) in [5.74, 6) is 0.695. The molecule has 0 spiro atoms. The molecule has 2 aliphatic heterocycles. The Bertz CT molecular complexity index is 748. The molecule has 2 saturated heterocycles. The quantitative estimate of drug-likeness (QED) is 0.920. The maximum absolute atomic E-state index is 14.1. The highest BCUT2D eigenvalue weighted by atomic mass is 32.1. The van der Waals surface area contributed by atoms with Gasteiger partial charge in [0.25, 0.3) is 5.91 Å². The fraction of sp³-hybridized carbons (Fsp3) is 0.412. The van der Waals surface area contributed by atoms with Gasteiger partial charge >= 0.3 is 0 Å². The number of nitrogens with zero attached hydrogens (tertiary/aromatic N) is 2. The Morgan fingerprint density at radius 3 is 2.70 bits per heavy atom. The van der Waals surface area contributed by atoms with Gasteiger partial charge in [-0.15, -0.1) is 11.3 Å². The molecule has 1 aromatic heterocycles. The van der Waals surface area contributed by atoms with Gasteiger partial charge in [-0.25, -0.2) is 9.37 Å². The van der Waals surface area contributed by atoms with Crippen LogP contribution in [0.25, 0.3) is 10.4 Å². The van der Waals surface area contributed by atoms with E-state index < -0.39 is 0 Å². The van der Waals surface area contributed by atoms with Gasteiger partial charge in [0, 0.05) is 31.7 Å². The minimum Gasteiger partial charge on any atom is -0.337 e. The summed E-state index contributed by atoms with van der Waals surface area (Å²) in [5.41, 5.74) is 0.855. The first-order chi connectivity index (χ1) is 11.1. The highest BCUT2D eigenvalue weighted by Gasteiger charge is 2.39. The van der Waals surface area contributed by atoms with Gasteiger partial charge in [-0.05, 0) is 24.8 Å². The topological polar surface area (TPSA) is 45.2 Å². The van der Waals surface area contributed by atoms with Gasteiger partial charge in [-0.3, -0.25) is 4.79 Å². The van der Waals surface area contributed by atoms with Crippen molar-refractivity contribution in [3.05, 3.63) is 40.8 Å². The fourth-order valence-corrected chi connectivity index (χ4v) is 4.51. The highest BCUT2D eigenvalue weighted by Crippen LogP contribution is 2.34. The summed E-state index contributed by atoms with van der Waals surface area (Å²) in [6, 6.07) is 6.57. The summed E-state index contributed by atoms with van der Waals surface area (Å²) < 4.78 is 14.1. The zero-order chi connectivity index (χ0) is 16.0. The molecule has 0 aliphatic carbocycles. The van der Waals surface area contributed by atoms with E-state index in [-0.39, 0.29) is 11.7 Å². The molecule has 2 atom stereocenters. The molecule has 2 fully saturated rings. The van der Waals surface area contributed by atoms with Crippen LogP contribution in [0.1, 0.15) is 15.5 Å². The third-order valence-electron chi connectivity index (χ3n) is 4.73. The van der Waals surface area contributed by atoms with Gasteiger partial charge in [-0.1, -0.05) is 18.2 Å². The highest BCUT2D eigenvalue weighted by molar-refractivity contribution is 7.15. The van der Waals surface area contributed by atoms with Crippen LogP contribution < -0.4 is 5.32 Å². The van der Waals surface area contributed by atoms with Gasteiger partial charge < -0.3 is 10.2 Å². The van der Waals surface area contributed by atoms with E-state index in [1.165, 1.54) is 17.4 Å². The summed E-state index contributed by atoms with van der Waals surface area (Å²) in [6.45, 7) is 5.34. The van der Waals surface area contributed by atoms with E-state index in [0.29, 0.717) is 28.0 Å². The van der Waals surface area contributed by atoms with Crippen LogP contribution in [0.4, 0.5) is 4.39 Å². The Morgan fingerprint density at radius 2 is 2.00 bits per heavy atom. The zero-order valence-electron chi connectivity index (χ0n) is 12.9. The predicted molar refractivity (Wildman–Crippen MR) is 88.0 cm³/mol. The van der Waals surface area contributed by atoms with Crippen LogP contribution in [0.15, 0.2) is 24.3 Å². The minimum atomic E-state index is -0.312. The number of aryl methyl sites for hydroxylation is 1. The smallest absolute Gasteiger partial charge is 0.274 e. The normalized spacial score (nSPS) is 23.3. The lowest BCUT2D eigenvalue weighted by Gasteiger charge is -2.17. The second kappa shape index (κ2) is 5.69. The lowest BCUT2D eigenvalue weighted by molar-refractivity contribution is 0.0777. The average molecular weight is 331 g/mol. The molecule has 2 aromatic rings. The first-order valence-corrected chi connectivity index (χ1v) is 8.67. The molecule has 120 valence electrons. The van der Waals surface area contributed by atoms with Crippen LogP contribution in [0.3, 0.4) is 0 Å². The maximum Gasteiger partial charge on any atom is 0.274 e. The molecule has 6 heteroatoms. The first kappa shape index (κ1) is 14.8. The number of hydrogen-bond acceptors (Lipinski definition) is 4. The van der Waals surface area contributed by atoms with Crippen molar-refractivity contribution in [3.63, 3.8) is 0 Å². The summed E-state index contributed by atoms with van der Waals surface area (Å²) in [7, 11) is 0. The zero-order valence-corrected chi connectivity index (χ0v) is 13.7. The number of benzene rings is 1. The summed E-state index contributed by atoms with van der Waals surface area (Å²) in [6.07, 6.45) is 0. The average Bonchev–Trinajstić information content (AvgIpc) is 3.20. The molecule has 0 radical (unpaired) electrons. The van der Waals surface area contributed by atoms with Crippen LogP contribution in [0.5, 0.6) is 0 Å². The Labute approximate surface area is 138 Å². The van der Waals surface area contributed by atoms with Crippen LogP contribution >= 0.6 is 11.3 Å². The van der Waals surface area contributed by atoms with E-state index in [0.717, 1.165) is 31.2 Å². The number of aromatic nitrogens is 1. The summed E-state index contributed by atoms with van der Waals surface area (Å²) in [4.78, 5) is 19.9. The number of likely N-dealkylation sites (tertiary alicyclic amines) is 1. The molecular formula is C17H18FN3OS. The molecular weight excluding hydrogens is 313 g/mol.